The zero-order valence-electron chi connectivity index (χ0n) is 24.0. The molecule has 0 spiro atoms. The van der Waals surface area contributed by atoms with Gasteiger partial charge in [-0.2, -0.15) is 0 Å². The molecule has 0 rings (SSSR count). The summed E-state index contributed by atoms with van der Waals surface area (Å²) in [6, 6.07) is 0. The van der Waals surface area contributed by atoms with Crippen molar-refractivity contribution in [1.82, 2.24) is 0 Å². The standard InChI is InChI=1S/C27H54NO8P/c1-5-6-7-8-9-10-11-12-13-14-15-16-17-18-19-20-27(30)33-23-26(34-25-29)24-36-37(31,32)35-22-21-28(2,3)4/h25-26H,5-24H2,1-4H3/p+1. The molecule has 0 aliphatic heterocycles. The highest BCUT2D eigenvalue weighted by molar-refractivity contribution is 7.47. The van der Waals surface area contributed by atoms with E-state index in [2.05, 4.69) is 6.92 Å². The molecule has 220 valence electrons. The molecule has 1 N–H and O–H groups in total. The molecule has 9 nitrogen and oxygen atoms in total. The summed E-state index contributed by atoms with van der Waals surface area (Å²) in [6.07, 6.45) is 18.1. The smallest absolute Gasteiger partial charge is 0.462 e. The first-order valence-electron chi connectivity index (χ1n) is 14.3. The van der Waals surface area contributed by atoms with Gasteiger partial charge in [0.1, 0.15) is 19.8 Å². The summed E-state index contributed by atoms with van der Waals surface area (Å²) in [5.74, 6) is -0.388. The molecular formula is C27H55NO8P+. The molecular weight excluding hydrogens is 497 g/mol. The van der Waals surface area contributed by atoms with Crippen LogP contribution in [0.2, 0.25) is 0 Å². The number of carbonyl (C=O) groups excluding carboxylic acids is 2. The molecule has 0 amide bonds. The van der Waals surface area contributed by atoms with Crippen molar-refractivity contribution < 1.29 is 42.1 Å². The molecule has 0 bridgehead atoms. The third-order valence-corrected chi connectivity index (χ3v) is 7.09. The number of hydrogen-bond donors (Lipinski definition) is 1. The fraction of sp³-hybridized carbons (Fsp3) is 0.926. The Hall–Kier alpha value is -0.990. The monoisotopic (exact) mass is 552 g/mol. The highest BCUT2D eigenvalue weighted by Gasteiger charge is 2.25. The number of phosphoric acid groups is 1. The molecule has 2 unspecified atom stereocenters. The number of carbonyl (C=O) groups is 2. The normalized spacial score (nSPS) is 14.2. The second-order valence-electron chi connectivity index (χ2n) is 10.8. The van der Waals surface area contributed by atoms with E-state index in [4.69, 9.17) is 18.5 Å². The SMILES string of the molecule is CCCCCCCCCCCCCCCCCC(=O)OCC(COP(=O)(O)OCC[N+](C)(C)C)OC=O. The van der Waals surface area contributed by atoms with Crippen LogP contribution < -0.4 is 0 Å². The van der Waals surface area contributed by atoms with Crippen LogP contribution in [0.4, 0.5) is 0 Å². The van der Waals surface area contributed by atoms with Crippen molar-refractivity contribution in [2.45, 2.75) is 116 Å². The number of phosphoric ester groups is 1. The molecule has 37 heavy (non-hydrogen) atoms. The largest absolute Gasteiger partial charge is 0.472 e. The van der Waals surface area contributed by atoms with Gasteiger partial charge in [-0.3, -0.25) is 18.6 Å². The average Bonchev–Trinajstić information content (AvgIpc) is 2.82. The van der Waals surface area contributed by atoms with Gasteiger partial charge < -0.3 is 18.9 Å². The van der Waals surface area contributed by atoms with Gasteiger partial charge in [0.25, 0.3) is 6.47 Å². The molecule has 0 aromatic carbocycles. The summed E-state index contributed by atoms with van der Waals surface area (Å²) >= 11 is 0. The maximum Gasteiger partial charge on any atom is 0.472 e. The second kappa shape index (κ2) is 22.9. The van der Waals surface area contributed by atoms with Crippen LogP contribution in [0.25, 0.3) is 0 Å². The van der Waals surface area contributed by atoms with E-state index in [1.807, 2.05) is 21.1 Å². The number of hydrogen-bond acceptors (Lipinski definition) is 7. The predicted molar refractivity (Wildman–Crippen MR) is 146 cm³/mol. The molecule has 0 aromatic heterocycles. The van der Waals surface area contributed by atoms with Gasteiger partial charge in [-0.15, -0.1) is 0 Å². The van der Waals surface area contributed by atoms with Crippen LogP contribution in [0.5, 0.6) is 0 Å². The van der Waals surface area contributed by atoms with Gasteiger partial charge in [-0.25, -0.2) is 4.57 Å². The lowest BCUT2D eigenvalue weighted by molar-refractivity contribution is -0.870. The van der Waals surface area contributed by atoms with Gasteiger partial charge >= 0.3 is 13.8 Å². The molecule has 0 aromatic rings. The van der Waals surface area contributed by atoms with E-state index in [9.17, 15) is 19.0 Å². The zero-order chi connectivity index (χ0) is 27.8. The lowest BCUT2D eigenvalue weighted by Gasteiger charge is -2.24. The number of esters is 1. The molecule has 0 aliphatic rings. The maximum atomic E-state index is 12.0. The van der Waals surface area contributed by atoms with Gasteiger partial charge in [-0.05, 0) is 6.42 Å². The van der Waals surface area contributed by atoms with Gasteiger partial charge in [0, 0.05) is 6.42 Å². The van der Waals surface area contributed by atoms with Gasteiger partial charge in [0.2, 0.25) is 0 Å². The van der Waals surface area contributed by atoms with Crippen LogP contribution in [-0.4, -0.2) is 75.4 Å². The molecule has 2 atom stereocenters. The number of nitrogens with zero attached hydrogens (tertiary/aromatic N) is 1. The molecule has 10 heteroatoms. The minimum absolute atomic E-state index is 0.0325. The van der Waals surface area contributed by atoms with E-state index >= 15 is 0 Å². The Morgan fingerprint density at radius 1 is 0.811 bits per heavy atom. The van der Waals surface area contributed by atoms with Crippen LogP contribution in [0.3, 0.4) is 0 Å². The number of rotatable bonds is 27. The van der Waals surface area contributed by atoms with Crippen molar-refractivity contribution in [3.63, 3.8) is 0 Å². The van der Waals surface area contributed by atoms with E-state index in [1.165, 1.54) is 77.0 Å². The van der Waals surface area contributed by atoms with E-state index in [-0.39, 0.29) is 25.7 Å². The van der Waals surface area contributed by atoms with Crippen LogP contribution in [0.15, 0.2) is 0 Å². The molecule has 0 saturated heterocycles. The highest BCUT2D eigenvalue weighted by Crippen LogP contribution is 2.43. The first-order valence-corrected chi connectivity index (χ1v) is 15.8. The Kier molecular flexibility index (Phi) is 22.3. The summed E-state index contributed by atoms with van der Waals surface area (Å²) in [5, 5.41) is 0. The van der Waals surface area contributed by atoms with Crippen LogP contribution in [-0.2, 0) is 32.7 Å². The Balaban J connectivity index is 3.76. The average molecular weight is 553 g/mol. The number of ether oxygens (including phenoxy) is 2. The fourth-order valence-electron chi connectivity index (χ4n) is 3.75. The van der Waals surface area contributed by atoms with Crippen molar-refractivity contribution >= 4 is 20.3 Å². The summed E-state index contributed by atoms with van der Waals surface area (Å²) in [7, 11) is 1.48. The van der Waals surface area contributed by atoms with Crippen LogP contribution >= 0.6 is 7.82 Å². The van der Waals surface area contributed by atoms with Crippen LogP contribution in [0.1, 0.15) is 110 Å². The Morgan fingerprint density at radius 2 is 1.30 bits per heavy atom. The van der Waals surface area contributed by atoms with Crippen molar-refractivity contribution in [1.29, 1.82) is 0 Å². The molecule has 0 saturated carbocycles. The summed E-state index contributed by atoms with van der Waals surface area (Å²) in [5.41, 5.74) is 0. The predicted octanol–water partition coefficient (Wildman–Crippen LogP) is 6.17. The maximum absolute atomic E-state index is 12.0. The van der Waals surface area contributed by atoms with E-state index < -0.39 is 20.5 Å². The fourth-order valence-corrected chi connectivity index (χ4v) is 4.49. The van der Waals surface area contributed by atoms with Crippen molar-refractivity contribution in [3.8, 4) is 0 Å². The topological polar surface area (TPSA) is 108 Å². The summed E-state index contributed by atoms with van der Waals surface area (Å²) < 4.78 is 32.3. The third kappa shape index (κ3) is 26.4. The minimum atomic E-state index is -4.30. The molecule has 0 heterocycles. The molecule has 0 radical (unpaired) electrons. The van der Waals surface area contributed by atoms with Crippen molar-refractivity contribution in [2.24, 2.45) is 0 Å². The lowest BCUT2D eigenvalue weighted by Crippen LogP contribution is -2.37. The van der Waals surface area contributed by atoms with Gasteiger partial charge in [-0.1, -0.05) is 96.8 Å². The van der Waals surface area contributed by atoms with Crippen molar-refractivity contribution in [3.05, 3.63) is 0 Å². The van der Waals surface area contributed by atoms with Gasteiger partial charge in [0.05, 0.1) is 27.7 Å². The second-order valence-corrected chi connectivity index (χ2v) is 12.3. The third-order valence-electron chi connectivity index (χ3n) is 6.10. The van der Waals surface area contributed by atoms with E-state index in [0.29, 0.717) is 17.4 Å². The van der Waals surface area contributed by atoms with Crippen molar-refractivity contribution in [2.75, 3.05) is 47.5 Å². The first kappa shape index (κ1) is 36.0. The Labute approximate surface area is 225 Å². The summed E-state index contributed by atoms with van der Waals surface area (Å²) in [4.78, 5) is 32.5. The quantitative estimate of drug-likeness (QED) is 0.0424. The summed E-state index contributed by atoms with van der Waals surface area (Å²) in [6.45, 7) is 2.34. The molecule has 0 fully saturated rings. The number of unbranched alkanes of at least 4 members (excludes halogenated alkanes) is 14. The number of likely N-dealkylation sites (N-methyl/N-ethyl adjacent to an activating group) is 1. The number of quaternary nitrogens is 1. The minimum Gasteiger partial charge on any atom is -0.462 e. The Morgan fingerprint density at radius 3 is 1.76 bits per heavy atom. The highest BCUT2D eigenvalue weighted by atomic mass is 31.2. The zero-order valence-corrected chi connectivity index (χ0v) is 24.9. The van der Waals surface area contributed by atoms with E-state index in [0.717, 1.165) is 19.3 Å². The van der Waals surface area contributed by atoms with Crippen LogP contribution in [0, 0.1) is 0 Å². The first-order chi connectivity index (χ1) is 17.6. The van der Waals surface area contributed by atoms with Gasteiger partial charge in [0.15, 0.2) is 6.10 Å². The molecule has 0 aliphatic carbocycles. The Bertz CT molecular complexity index is 612. The lowest BCUT2D eigenvalue weighted by atomic mass is 10.0. The van der Waals surface area contributed by atoms with E-state index in [1.54, 1.807) is 0 Å².